The van der Waals surface area contributed by atoms with E-state index in [1.807, 2.05) is 6.07 Å². The molecule has 0 aliphatic carbocycles. The molecule has 0 bridgehead atoms. The molecule has 0 fully saturated rings. The molecule has 0 aliphatic heterocycles. The van der Waals surface area contributed by atoms with E-state index in [4.69, 9.17) is 13.9 Å². The Bertz CT molecular complexity index is 865. The van der Waals surface area contributed by atoms with Crippen molar-refractivity contribution >= 4 is 23.4 Å². The van der Waals surface area contributed by atoms with E-state index in [2.05, 4.69) is 20.8 Å². The zero-order valence-corrected chi connectivity index (χ0v) is 15.0. The quantitative estimate of drug-likeness (QED) is 0.597. The van der Waals surface area contributed by atoms with E-state index < -0.39 is 0 Å². The molecule has 0 atom stereocenters. The summed E-state index contributed by atoms with van der Waals surface area (Å²) in [6.45, 7) is 0.399. The Morgan fingerprint density at radius 1 is 1.31 bits per heavy atom. The fraction of sp³-hybridized carbons (Fsp3) is 0.250. The van der Waals surface area contributed by atoms with E-state index in [9.17, 15) is 4.79 Å². The maximum atomic E-state index is 12.2. The Morgan fingerprint density at radius 2 is 2.19 bits per heavy atom. The fourth-order valence-corrected chi connectivity index (χ4v) is 2.84. The van der Waals surface area contributed by atoms with Crippen molar-refractivity contribution in [2.75, 3.05) is 25.3 Å². The van der Waals surface area contributed by atoms with E-state index in [0.717, 1.165) is 5.76 Å². The Hall–Kier alpha value is -3.01. The van der Waals surface area contributed by atoms with Gasteiger partial charge in [0.2, 0.25) is 11.1 Å². The van der Waals surface area contributed by atoms with Crippen LogP contribution in [0.3, 0.4) is 0 Å². The van der Waals surface area contributed by atoms with Crippen LogP contribution < -0.4 is 14.8 Å². The lowest BCUT2D eigenvalue weighted by Crippen LogP contribution is -2.15. The maximum absolute atomic E-state index is 12.2. The molecular weight excluding hydrogens is 358 g/mol. The number of nitrogens with one attached hydrogen (secondary N) is 1. The predicted molar refractivity (Wildman–Crippen MR) is 94.5 cm³/mol. The van der Waals surface area contributed by atoms with Gasteiger partial charge < -0.3 is 19.2 Å². The van der Waals surface area contributed by atoms with Crippen molar-refractivity contribution in [1.29, 1.82) is 0 Å². The number of nitrogens with zero attached hydrogens (tertiary/aromatic N) is 4. The summed E-state index contributed by atoms with van der Waals surface area (Å²) in [4.78, 5) is 12.2. The molecule has 2 aromatic heterocycles. The summed E-state index contributed by atoms with van der Waals surface area (Å²) in [7, 11) is 3.10. The zero-order chi connectivity index (χ0) is 18.4. The number of furan rings is 1. The average Bonchev–Trinajstić information content (AvgIpc) is 3.32. The minimum Gasteiger partial charge on any atom is -0.497 e. The van der Waals surface area contributed by atoms with Crippen molar-refractivity contribution in [3.8, 4) is 11.5 Å². The number of ether oxygens (including phenoxy) is 2. The van der Waals surface area contributed by atoms with Gasteiger partial charge in [-0.3, -0.25) is 4.79 Å². The lowest BCUT2D eigenvalue weighted by atomic mass is 10.2. The molecule has 1 aromatic carbocycles. The molecular formula is C16H17N5O4S. The molecule has 0 saturated heterocycles. The highest BCUT2D eigenvalue weighted by molar-refractivity contribution is 7.99. The molecule has 1 N–H and O–H groups in total. The van der Waals surface area contributed by atoms with Gasteiger partial charge in [0.1, 0.15) is 23.8 Å². The first-order valence-electron chi connectivity index (χ1n) is 7.63. The number of benzene rings is 1. The lowest BCUT2D eigenvalue weighted by molar-refractivity contribution is -0.113. The van der Waals surface area contributed by atoms with Crippen molar-refractivity contribution < 1.29 is 18.7 Å². The van der Waals surface area contributed by atoms with Gasteiger partial charge in [0.25, 0.3) is 0 Å². The van der Waals surface area contributed by atoms with Crippen LogP contribution >= 0.6 is 11.8 Å². The van der Waals surface area contributed by atoms with Crippen molar-refractivity contribution in [3.05, 3.63) is 42.4 Å². The van der Waals surface area contributed by atoms with E-state index in [1.54, 1.807) is 42.3 Å². The number of carbonyl (C=O) groups excluding carboxylic acids is 1. The minimum absolute atomic E-state index is 0.147. The second kappa shape index (κ2) is 8.39. The largest absolute Gasteiger partial charge is 0.497 e. The van der Waals surface area contributed by atoms with Crippen LogP contribution in [0, 0.1) is 0 Å². The topological polar surface area (TPSA) is 104 Å². The zero-order valence-electron chi connectivity index (χ0n) is 14.2. The lowest BCUT2D eigenvalue weighted by Gasteiger charge is -2.11. The number of hydrogen-bond acceptors (Lipinski definition) is 8. The molecule has 0 spiro atoms. The number of rotatable bonds is 8. The molecule has 9 nitrogen and oxygen atoms in total. The average molecular weight is 375 g/mol. The van der Waals surface area contributed by atoms with Crippen molar-refractivity contribution in [2.24, 2.45) is 0 Å². The molecule has 10 heteroatoms. The SMILES string of the molecule is COc1ccc(NC(=O)CSc2nnnn2Cc2ccco2)c(OC)c1. The van der Waals surface area contributed by atoms with Gasteiger partial charge in [0.15, 0.2) is 0 Å². The number of hydrogen-bond donors (Lipinski definition) is 1. The molecule has 136 valence electrons. The van der Waals surface area contributed by atoms with Crippen LogP contribution in [0.25, 0.3) is 0 Å². The highest BCUT2D eigenvalue weighted by Crippen LogP contribution is 2.29. The van der Waals surface area contributed by atoms with Gasteiger partial charge in [-0.1, -0.05) is 11.8 Å². The second-order valence-electron chi connectivity index (χ2n) is 5.10. The summed E-state index contributed by atoms with van der Waals surface area (Å²) in [6, 6.07) is 8.80. The third kappa shape index (κ3) is 4.33. The first-order chi connectivity index (χ1) is 12.7. The summed E-state index contributed by atoms with van der Waals surface area (Å²) < 4.78 is 17.3. The highest BCUT2D eigenvalue weighted by atomic mass is 32.2. The summed E-state index contributed by atoms with van der Waals surface area (Å²) in [5.41, 5.74) is 0.564. The number of aromatic nitrogens is 4. The summed E-state index contributed by atoms with van der Waals surface area (Å²) in [5.74, 6) is 1.84. The Kier molecular flexibility index (Phi) is 5.74. The molecule has 0 aliphatic rings. The maximum Gasteiger partial charge on any atom is 0.234 e. The van der Waals surface area contributed by atoms with Crippen LogP contribution in [0.2, 0.25) is 0 Å². The monoisotopic (exact) mass is 375 g/mol. The van der Waals surface area contributed by atoms with E-state index >= 15 is 0 Å². The molecule has 1 amide bonds. The third-order valence-corrected chi connectivity index (χ3v) is 4.36. The molecule has 0 unspecified atom stereocenters. The normalized spacial score (nSPS) is 10.5. The number of methoxy groups -OCH3 is 2. The fourth-order valence-electron chi connectivity index (χ4n) is 2.17. The van der Waals surface area contributed by atoms with E-state index in [-0.39, 0.29) is 11.7 Å². The van der Waals surface area contributed by atoms with E-state index in [1.165, 1.54) is 18.9 Å². The Morgan fingerprint density at radius 3 is 2.92 bits per heavy atom. The number of anilines is 1. The van der Waals surface area contributed by atoms with Crippen LogP contribution in [0.5, 0.6) is 11.5 Å². The van der Waals surface area contributed by atoms with Crippen LogP contribution in [0.1, 0.15) is 5.76 Å². The minimum atomic E-state index is -0.203. The van der Waals surface area contributed by atoms with Gasteiger partial charge in [-0.25, -0.2) is 4.68 Å². The number of carbonyl (C=O) groups is 1. The molecule has 0 radical (unpaired) electrons. The van der Waals surface area contributed by atoms with Crippen LogP contribution in [0.4, 0.5) is 5.69 Å². The van der Waals surface area contributed by atoms with Gasteiger partial charge >= 0.3 is 0 Å². The van der Waals surface area contributed by atoms with Gasteiger partial charge in [0, 0.05) is 6.07 Å². The summed E-state index contributed by atoms with van der Waals surface area (Å²) in [6.07, 6.45) is 1.59. The first kappa shape index (κ1) is 17.8. The highest BCUT2D eigenvalue weighted by Gasteiger charge is 2.13. The van der Waals surface area contributed by atoms with E-state index in [0.29, 0.717) is 28.9 Å². The van der Waals surface area contributed by atoms with Crippen LogP contribution in [0.15, 0.2) is 46.2 Å². The third-order valence-electron chi connectivity index (χ3n) is 3.40. The van der Waals surface area contributed by atoms with Crippen molar-refractivity contribution in [1.82, 2.24) is 20.2 Å². The van der Waals surface area contributed by atoms with Gasteiger partial charge in [0.05, 0.1) is 31.9 Å². The van der Waals surface area contributed by atoms with Gasteiger partial charge in [-0.2, -0.15) is 0 Å². The van der Waals surface area contributed by atoms with Crippen molar-refractivity contribution in [3.63, 3.8) is 0 Å². The second-order valence-corrected chi connectivity index (χ2v) is 6.04. The first-order valence-corrected chi connectivity index (χ1v) is 8.61. The van der Waals surface area contributed by atoms with Crippen LogP contribution in [-0.4, -0.2) is 46.1 Å². The molecule has 3 rings (SSSR count). The number of amides is 1. The number of thioether (sulfide) groups is 1. The molecule has 3 aromatic rings. The Labute approximate surface area is 153 Å². The summed E-state index contributed by atoms with van der Waals surface area (Å²) >= 11 is 1.23. The van der Waals surface area contributed by atoms with Gasteiger partial charge in [-0.05, 0) is 34.7 Å². The molecule has 0 saturated carbocycles. The smallest absolute Gasteiger partial charge is 0.234 e. The van der Waals surface area contributed by atoms with Crippen molar-refractivity contribution in [2.45, 2.75) is 11.7 Å². The standard InChI is InChI=1S/C16H17N5O4S/c1-23-11-5-6-13(14(8-11)24-2)17-15(22)10-26-16-18-19-20-21(16)9-12-4-3-7-25-12/h3-8H,9-10H2,1-2H3,(H,17,22). The Balaban J connectivity index is 1.59. The van der Waals surface area contributed by atoms with Crippen LogP contribution in [-0.2, 0) is 11.3 Å². The number of tetrazole rings is 1. The molecule has 2 heterocycles. The molecule has 26 heavy (non-hydrogen) atoms. The van der Waals surface area contributed by atoms with Gasteiger partial charge in [-0.15, -0.1) is 5.10 Å². The predicted octanol–water partition coefficient (Wildman–Crippen LogP) is 2.06. The summed E-state index contributed by atoms with van der Waals surface area (Å²) in [5, 5.41) is 14.8.